The number of hydrogen-bond donors (Lipinski definition) is 3. The van der Waals surface area contributed by atoms with Crippen molar-refractivity contribution in [2.24, 2.45) is 0 Å². The van der Waals surface area contributed by atoms with Crippen LogP contribution in [-0.4, -0.2) is 59.4 Å². The van der Waals surface area contributed by atoms with Crippen molar-refractivity contribution in [1.82, 2.24) is 14.9 Å². The first kappa shape index (κ1) is 18.2. The van der Waals surface area contributed by atoms with Gasteiger partial charge in [-0.3, -0.25) is 4.90 Å². The van der Waals surface area contributed by atoms with E-state index in [-0.39, 0.29) is 18.6 Å². The number of nitrogen functional groups attached to an aromatic ring is 2. The van der Waals surface area contributed by atoms with Crippen molar-refractivity contribution in [1.29, 1.82) is 0 Å². The van der Waals surface area contributed by atoms with Crippen molar-refractivity contribution in [2.45, 2.75) is 19.0 Å². The van der Waals surface area contributed by atoms with Gasteiger partial charge in [0.05, 0.1) is 7.11 Å². The van der Waals surface area contributed by atoms with Crippen LogP contribution in [0.5, 0.6) is 5.75 Å². The first-order chi connectivity index (χ1) is 12.6. The molecule has 8 nitrogen and oxygen atoms in total. The van der Waals surface area contributed by atoms with Crippen molar-refractivity contribution in [3.8, 4) is 5.75 Å². The molecule has 1 saturated heterocycles. The van der Waals surface area contributed by atoms with Gasteiger partial charge in [-0.15, -0.1) is 0 Å². The highest BCUT2D eigenvalue weighted by atomic mass is 16.5. The van der Waals surface area contributed by atoms with Crippen LogP contribution in [0, 0.1) is 0 Å². The van der Waals surface area contributed by atoms with Crippen LogP contribution in [-0.2, 0) is 6.54 Å². The molecule has 1 fully saturated rings. The number of nitrogens with two attached hydrogens (primary N) is 2. The Kier molecular flexibility index (Phi) is 5.75. The van der Waals surface area contributed by atoms with E-state index in [4.69, 9.17) is 16.2 Å². The fourth-order valence-corrected chi connectivity index (χ4v) is 3.37. The Bertz CT molecular complexity index is 721. The van der Waals surface area contributed by atoms with Crippen LogP contribution in [0.1, 0.15) is 12.0 Å². The van der Waals surface area contributed by atoms with Crippen molar-refractivity contribution in [2.75, 3.05) is 49.7 Å². The fraction of sp³-hybridized carbons (Fsp3) is 0.444. The average Bonchev–Trinajstić information content (AvgIpc) is 2.63. The number of ether oxygens (including phenoxy) is 1. The van der Waals surface area contributed by atoms with Crippen molar-refractivity contribution >= 4 is 17.6 Å². The lowest BCUT2D eigenvalue weighted by Crippen LogP contribution is -2.53. The number of methoxy groups -OCH3 is 1. The maximum Gasteiger partial charge on any atom is 0.223 e. The summed E-state index contributed by atoms with van der Waals surface area (Å²) in [6.07, 6.45) is 0.691. The second-order valence-corrected chi connectivity index (χ2v) is 6.44. The molecule has 1 aromatic carbocycles. The van der Waals surface area contributed by atoms with Crippen LogP contribution in [0.4, 0.5) is 17.6 Å². The van der Waals surface area contributed by atoms with Crippen molar-refractivity contribution < 1.29 is 9.84 Å². The zero-order valence-electron chi connectivity index (χ0n) is 15.0. The highest BCUT2D eigenvalue weighted by molar-refractivity contribution is 5.50. The lowest BCUT2D eigenvalue weighted by molar-refractivity contribution is 0.135. The molecule has 1 aliphatic rings. The topological polar surface area (TPSA) is 114 Å². The summed E-state index contributed by atoms with van der Waals surface area (Å²) in [5.41, 5.74) is 12.7. The van der Waals surface area contributed by atoms with E-state index >= 15 is 0 Å². The largest absolute Gasteiger partial charge is 0.497 e. The van der Waals surface area contributed by atoms with Crippen LogP contribution in [0.25, 0.3) is 0 Å². The summed E-state index contributed by atoms with van der Waals surface area (Å²) >= 11 is 0. The molecule has 5 N–H and O–H groups in total. The number of aliphatic hydroxyl groups is 1. The predicted molar refractivity (Wildman–Crippen MR) is 102 cm³/mol. The molecule has 1 aliphatic heterocycles. The second kappa shape index (κ2) is 8.20. The van der Waals surface area contributed by atoms with Crippen LogP contribution in [0.2, 0.25) is 0 Å². The molecule has 140 valence electrons. The number of benzene rings is 1. The Morgan fingerprint density at radius 2 is 2.08 bits per heavy atom. The Morgan fingerprint density at radius 1 is 1.23 bits per heavy atom. The molecule has 26 heavy (non-hydrogen) atoms. The maximum absolute atomic E-state index is 9.50. The molecule has 0 spiro atoms. The summed E-state index contributed by atoms with van der Waals surface area (Å²) in [6, 6.07) is 10.0. The zero-order chi connectivity index (χ0) is 18.5. The van der Waals surface area contributed by atoms with Crippen molar-refractivity contribution in [3.63, 3.8) is 0 Å². The van der Waals surface area contributed by atoms with E-state index in [1.807, 2.05) is 18.2 Å². The highest BCUT2D eigenvalue weighted by Crippen LogP contribution is 2.23. The van der Waals surface area contributed by atoms with Gasteiger partial charge in [0.25, 0.3) is 0 Å². The zero-order valence-corrected chi connectivity index (χ0v) is 15.0. The molecule has 8 heteroatoms. The Morgan fingerprint density at radius 3 is 2.81 bits per heavy atom. The quantitative estimate of drug-likeness (QED) is 0.692. The standard InChI is InChI=1S/C18H26N6O2/c1-26-15-4-2-3-13(9-15)11-23-6-7-24(12-14(23)5-8-25)17-10-16(19)21-18(20)22-17/h2-4,9-10,14,25H,5-8,11-12H2,1H3,(H4,19,20,21,22)/t14-/m1/s1. The molecule has 0 aliphatic carbocycles. The minimum Gasteiger partial charge on any atom is -0.497 e. The number of piperazine rings is 1. The third-order valence-corrected chi connectivity index (χ3v) is 4.66. The van der Waals surface area contributed by atoms with Gasteiger partial charge in [-0.05, 0) is 24.1 Å². The lowest BCUT2D eigenvalue weighted by Gasteiger charge is -2.42. The molecule has 1 atom stereocenters. The summed E-state index contributed by atoms with van der Waals surface area (Å²) in [4.78, 5) is 12.8. The first-order valence-electron chi connectivity index (χ1n) is 8.72. The molecular formula is C18H26N6O2. The summed E-state index contributed by atoms with van der Waals surface area (Å²) in [5.74, 6) is 2.13. The van der Waals surface area contributed by atoms with Crippen LogP contribution < -0.4 is 21.1 Å². The van der Waals surface area contributed by atoms with E-state index in [1.54, 1.807) is 13.2 Å². The molecular weight excluding hydrogens is 332 g/mol. The molecule has 0 saturated carbocycles. The van der Waals surface area contributed by atoms with Gasteiger partial charge in [0.1, 0.15) is 17.4 Å². The summed E-state index contributed by atoms with van der Waals surface area (Å²) in [6.45, 7) is 3.36. The smallest absolute Gasteiger partial charge is 0.223 e. The highest BCUT2D eigenvalue weighted by Gasteiger charge is 2.27. The minimum atomic E-state index is 0.140. The van der Waals surface area contributed by atoms with Gasteiger partial charge in [-0.25, -0.2) is 0 Å². The van der Waals surface area contributed by atoms with Gasteiger partial charge in [-0.1, -0.05) is 12.1 Å². The van der Waals surface area contributed by atoms with E-state index in [2.05, 4.69) is 25.8 Å². The molecule has 0 radical (unpaired) electrons. The number of aromatic nitrogens is 2. The van der Waals surface area contributed by atoms with Crippen molar-refractivity contribution in [3.05, 3.63) is 35.9 Å². The van der Waals surface area contributed by atoms with Gasteiger partial charge in [0.2, 0.25) is 5.95 Å². The third-order valence-electron chi connectivity index (χ3n) is 4.66. The van der Waals surface area contributed by atoms with Crippen LogP contribution >= 0.6 is 0 Å². The minimum absolute atomic E-state index is 0.140. The van der Waals surface area contributed by atoms with Crippen LogP contribution in [0.3, 0.4) is 0 Å². The van der Waals surface area contributed by atoms with Crippen LogP contribution in [0.15, 0.2) is 30.3 Å². The number of aliphatic hydroxyl groups excluding tert-OH is 1. The molecule has 2 heterocycles. The summed E-state index contributed by atoms with van der Waals surface area (Å²) in [5, 5.41) is 9.50. The number of anilines is 3. The van der Waals surface area contributed by atoms with Gasteiger partial charge in [0, 0.05) is 44.9 Å². The van der Waals surface area contributed by atoms with Gasteiger partial charge in [0.15, 0.2) is 0 Å². The van der Waals surface area contributed by atoms with E-state index in [9.17, 15) is 5.11 Å². The summed E-state index contributed by atoms with van der Waals surface area (Å²) in [7, 11) is 1.67. The molecule has 3 rings (SSSR count). The van der Waals surface area contributed by atoms with E-state index < -0.39 is 0 Å². The fourth-order valence-electron chi connectivity index (χ4n) is 3.37. The first-order valence-corrected chi connectivity index (χ1v) is 8.72. The average molecular weight is 358 g/mol. The molecule has 1 aromatic heterocycles. The Balaban J connectivity index is 1.73. The normalized spacial score (nSPS) is 18.1. The second-order valence-electron chi connectivity index (χ2n) is 6.44. The number of rotatable bonds is 6. The number of nitrogens with zero attached hydrogens (tertiary/aromatic N) is 4. The molecule has 2 aromatic rings. The van der Waals surface area contributed by atoms with E-state index in [0.717, 1.165) is 37.7 Å². The lowest BCUT2D eigenvalue weighted by atomic mass is 10.1. The summed E-state index contributed by atoms with van der Waals surface area (Å²) < 4.78 is 5.31. The van der Waals surface area contributed by atoms with E-state index in [0.29, 0.717) is 12.2 Å². The van der Waals surface area contributed by atoms with Gasteiger partial charge in [-0.2, -0.15) is 9.97 Å². The van der Waals surface area contributed by atoms with E-state index in [1.165, 1.54) is 5.56 Å². The predicted octanol–water partition coefficient (Wildman–Crippen LogP) is 0.723. The molecule has 0 unspecified atom stereocenters. The Labute approximate surface area is 153 Å². The molecule has 0 amide bonds. The third kappa shape index (κ3) is 4.33. The maximum atomic E-state index is 9.50. The Hall–Kier alpha value is -2.58. The van der Waals surface area contributed by atoms with Gasteiger partial charge >= 0.3 is 0 Å². The monoisotopic (exact) mass is 358 g/mol. The SMILES string of the molecule is COc1cccc(CN2CCN(c3cc(N)nc(N)n3)C[C@H]2CCO)c1. The molecule has 0 bridgehead atoms. The number of hydrogen-bond acceptors (Lipinski definition) is 8. The van der Waals surface area contributed by atoms with Gasteiger partial charge < -0.3 is 26.2 Å².